The van der Waals surface area contributed by atoms with Crippen molar-refractivity contribution in [2.24, 2.45) is 0 Å². The number of nitrogens with one attached hydrogen (secondary N) is 1. The van der Waals surface area contributed by atoms with Crippen LogP contribution in [0, 0.1) is 6.92 Å². The Labute approximate surface area is 119 Å². The van der Waals surface area contributed by atoms with E-state index in [9.17, 15) is 0 Å². The van der Waals surface area contributed by atoms with Crippen LogP contribution in [0.3, 0.4) is 0 Å². The quantitative estimate of drug-likeness (QED) is 0.841. The number of benzene rings is 1. The van der Waals surface area contributed by atoms with Crippen molar-refractivity contribution in [2.45, 2.75) is 39.8 Å². The highest BCUT2D eigenvalue weighted by Crippen LogP contribution is 2.15. The third-order valence-electron chi connectivity index (χ3n) is 2.95. The standard InChI is InChI=1S/C15H21N3O2/c1-4-16-11(2)9-13-5-7-14(8-6-13)19-10-15-17-12(3)18-20-15/h5-8,11,16H,4,9-10H2,1-3H3. The average Bonchev–Trinajstić information content (AvgIpc) is 2.84. The Balaban J connectivity index is 1.85. The van der Waals surface area contributed by atoms with Gasteiger partial charge < -0.3 is 14.6 Å². The molecule has 0 radical (unpaired) electrons. The SMILES string of the molecule is CCNC(C)Cc1ccc(OCc2nc(C)no2)cc1. The number of ether oxygens (including phenoxy) is 1. The summed E-state index contributed by atoms with van der Waals surface area (Å²) in [5.41, 5.74) is 1.29. The maximum Gasteiger partial charge on any atom is 0.264 e. The van der Waals surface area contributed by atoms with Crippen molar-refractivity contribution in [1.29, 1.82) is 0 Å². The molecule has 1 unspecified atom stereocenters. The third kappa shape index (κ3) is 4.35. The second kappa shape index (κ2) is 7.05. The van der Waals surface area contributed by atoms with Crippen LogP contribution in [0.4, 0.5) is 0 Å². The summed E-state index contributed by atoms with van der Waals surface area (Å²) in [4.78, 5) is 4.09. The molecule has 2 rings (SSSR count). The first-order valence-electron chi connectivity index (χ1n) is 6.91. The number of rotatable bonds is 7. The topological polar surface area (TPSA) is 60.2 Å². The van der Waals surface area contributed by atoms with E-state index in [1.54, 1.807) is 6.92 Å². The first kappa shape index (κ1) is 14.5. The van der Waals surface area contributed by atoms with Crippen LogP contribution in [-0.4, -0.2) is 22.7 Å². The second-order valence-electron chi connectivity index (χ2n) is 4.83. The highest BCUT2D eigenvalue weighted by atomic mass is 16.5. The molecule has 0 fully saturated rings. The molecule has 0 aliphatic heterocycles. The van der Waals surface area contributed by atoms with Gasteiger partial charge in [-0.25, -0.2) is 0 Å². The van der Waals surface area contributed by atoms with Gasteiger partial charge in [0.1, 0.15) is 5.75 Å². The zero-order chi connectivity index (χ0) is 14.4. The molecule has 0 bridgehead atoms. The van der Waals surface area contributed by atoms with E-state index < -0.39 is 0 Å². The first-order valence-corrected chi connectivity index (χ1v) is 6.91. The van der Waals surface area contributed by atoms with Gasteiger partial charge in [-0.3, -0.25) is 0 Å². The molecule has 1 aromatic carbocycles. The van der Waals surface area contributed by atoms with E-state index in [1.807, 2.05) is 12.1 Å². The molecular weight excluding hydrogens is 254 g/mol. The molecule has 2 aromatic rings. The fraction of sp³-hybridized carbons (Fsp3) is 0.467. The van der Waals surface area contributed by atoms with Crippen LogP contribution in [-0.2, 0) is 13.0 Å². The smallest absolute Gasteiger partial charge is 0.264 e. The largest absolute Gasteiger partial charge is 0.484 e. The van der Waals surface area contributed by atoms with E-state index in [2.05, 4.69) is 41.4 Å². The van der Waals surface area contributed by atoms with E-state index in [4.69, 9.17) is 9.26 Å². The Kier molecular flexibility index (Phi) is 5.12. The number of aryl methyl sites for hydroxylation is 1. The van der Waals surface area contributed by atoms with E-state index in [1.165, 1.54) is 5.56 Å². The Morgan fingerprint density at radius 1 is 1.30 bits per heavy atom. The van der Waals surface area contributed by atoms with Crippen LogP contribution in [0.5, 0.6) is 5.75 Å². The monoisotopic (exact) mass is 275 g/mol. The summed E-state index contributed by atoms with van der Waals surface area (Å²) in [5.74, 6) is 1.92. The summed E-state index contributed by atoms with van der Waals surface area (Å²) < 4.78 is 10.6. The van der Waals surface area contributed by atoms with Crippen molar-refractivity contribution in [3.05, 3.63) is 41.5 Å². The normalized spacial score (nSPS) is 12.3. The van der Waals surface area contributed by atoms with Crippen LogP contribution in [0.1, 0.15) is 31.1 Å². The van der Waals surface area contributed by atoms with Gasteiger partial charge in [-0.05, 0) is 44.5 Å². The lowest BCUT2D eigenvalue weighted by atomic mass is 10.1. The molecule has 1 atom stereocenters. The zero-order valence-corrected chi connectivity index (χ0v) is 12.2. The van der Waals surface area contributed by atoms with Gasteiger partial charge in [0.25, 0.3) is 5.89 Å². The van der Waals surface area contributed by atoms with Gasteiger partial charge >= 0.3 is 0 Å². The molecule has 0 aliphatic carbocycles. The molecule has 1 N–H and O–H groups in total. The predicted octanol–water partition coefficient (Wildman–Crippen LogP) is 2.50. The van der Waals surface area contributed by atoms with Crippen molar-refractivity contribution in [3.8, 4) is 5.75 Å². The van der Waals surface area contributed by atoms with Gasteiger partial charge in [0, 0.05) is 6.04 Å². The van der Waals surface area contributed by atoms with Gasteiger partial charge in [0.05, 0.1) is 0 Å². The van der Waals surface area contributed by atoms with Crippen molar-refractivity contribution in [3.63, 3.8) is 0 Å². The minimum absolute atomic E-state index is 0.300. The molecule has 0 aliphatic rings. The van der Waals surface area contributed by atoms with Crippen LogP contribution in [0.15, 0.2) is 28.8 Å². The fourth-order valence-electron chi connectivity index (χ4n) is 2.04. The van der Waals surface area contributed by atoms with Gasteiger partial charge in [-0.2, -0.15) is 4.98 Å². The molecule has 0 saturated carbocycles. The summed E-state index contributed by atoms with van der Waals surface area (Å²) in [6.07, 6.45) is 1.01. The Hall–Kier alpha value is -1.88. The van der Waals surface area contributed by atoms with E-state index >= 15 is 0 Å². The molecule has 0 spiro atoms. The van der Waals surface area contributed by atoms with E-state index in [-0.39, 0.29) is 0 Å². The Morgan fingerprint density at radius 3 is 2.65 bits per heavy atom. The maximum atomic E-state index is 5.60. The summed E-state index contributed by atoms with van der Waals surface area (Å²) in [6.45, 7) is 7.38. The average molecular weight is 275 g/mol. The predicted molar refractivity (Wildman–Crippen MR) is 76.7 cm³/mol. The van der Waals surface area contributed by atoms with Gasteiger partial charge in [0.2, 0.25) is 0 Å². The zero-order valence-electron chi connectivity index (χ0n) is 12.2. The molecule has 0 saturated heterocycles. The number of likely N-dealkylation sites (N-methyl/N-ethyl adjacent to an activating group) is 1. The first-order chi connectivity index (χ1) is 9.67. The summed E-state index contributed by atoms with van der Waals surface area (Å²) >= 11 is 0. The molecule has 5 heteroatoms. The van der Waals surface area contributed by atoms with E-state index in [0.29, 0.717) is 24.4 Å². The van der Waals surface area contributed by atoms with Crippen molar-refractivity contribution in [2.75, 3.05) is 6.54 Å². The lowest BCUT2D eigenvalue weighted by Gasteiger charge is -2.12. The van der Waals surface area contributed by atoms with Gasteiger partial charge in [-0.1, -0.05) is 24.2 Å². The van der Waals surface area contributed by atoms with E-state index in [0.717, 1.165) is 18.7 Å². The number of aromatic nitrogens is 2. The van der Waals surface area contributed by atoms with Crippen LogP contribution in [0.2, 0.25) is 0 Å². The summed E-state index contributed by atoms with van der Waals surface area (Å²) in [7, 11) is 0. The van der Waals surface area contributed by atoms with Crippen molar-refractivity contribution in [1.82, 2.24) is 15.5 Å². The Bertz CT molecular complexity index is 522. The third-order valence-corrected chi connectivity index (χ3v) is 2.95. The minimum Gasteiger partial charge on any atom is -0.484 e. The lowest BCUT2D eigenvalue weighted by Crippen LogP contribution is -2.27. The summed E-state index contributed by atoms with van der Waals surface area (Å²) in [6, 6.07) is 8.59. The molecule has 5 nitrogen and oxygen atoms in total. The van der Waals surface area contributed by atoms with Crippen molar-refractivity contribution >= 4 is 0 Å². The van der Waals surface area contributed by atoms with Gasteiger partial charge in [0.15, 0.2) is 12.4 Å². The molecule has 1 heterocycles. The fourth-order valence-corrected chi connectivity index (χ4v) is 2.04. The molecule has 20 heavy (non-hydrogen) atoms. The highest BCUT2D eigenvalue weighted by Gasteiger charge is 2.05. The van der Waals surface area contributed by atoms with Crippen LogP contribution in [0.25, 0.3) is 0 Å². The second-order valence-corrected chi connectivity index (χ2v) is 4.83. The molecule has 1 aromatic heterocycles. The van der Waals surface area contributed by atoms with Gasteiger partial charge in [-0.15, -0.1) is 0 Å². The number of nitrogens with zero attached hydrogens (tertiary/aromatic N) is 2. The molecular formula is C15H21N3O2. The molecule has 108 valence electrons. The van der Waals surface area contributed by atoms with Crippen LogP contribution >= 0.6 is 0 Å². The Morgan fingerprint density at radius 2 is 2.05 bits per heavy atom. The summed E-state index contributed by atoms with van der Waals surface area (Å²) in [5, 5.41) is 7.12. The maximum absolute atomic E-state index is 5.60. The number of hydrogen-bond acceptors (Lipinski definition) is 5. The minimum atomic E-state index is 0.300. The highest BCUT2D eigenvalue weighted by molar-refractivity contribution is 5.27. The molecule has 0 amide bonds. The lowest BCUT2D eigenvalue weighted by molar-refractivity contribution is 0.242. The van der Waals surface area contributed by atoms with Crippen molar-refractivity contribution < 1.29 is 9.26 Å². The van der Waals surface area contributed by atoms with Crippen LogP contribution < -0.4 is 10.1 Å². The number of hydrogen-bond donors (Lipinski definition) is 1.